The second-order valence-electron chi connectivity index (χ2n) is 4.03. The monoisotopic (exact) mass is 359 g/mol. The summed E-state index contributed by atoms with van der Waals surface area (Å²) in [5.74, 6) is -0.534. The van der Waals surface area contributed by atoms with Crippen molar-refractivity contribution in [2.24, 2.45) is 0 Å². The van der Waals surface area contributed by atoms with E-state index in [9.17, 15) is 9.59 Å². The molecule has 0 fully saturated rings. The fourth-order valence-corrected chi connectivity index (χ4v) is 1.86. The number of halogens is 1. The molecule has 0 atom stereocenters. The average Bonchev–Trinajstić information content (AvgIpc) is 2.49. The predicted molar refractivity (Wildman–Crippen MR) is 82.3 cm³/mol. The third kappa shape index (κ3) is 5.68. The number of hydrogen-bond donors (Lipinski definition) is 1. The van der Waals surface area contributed by atoms with Gasteiger partial charge in [-0.3, -0.25) is 9.59 Å². The second kappa shape index (κ2) is 9.30. The molecule has 0 saturated carbocycles. The van der Waals surface area contributed by atoms with E-state index in [1.807, 2.05) is 0 Å². The van der Waals surface area contributed by atoms with E-state index >= 15 is 0 Å². The Morgan fingerprint density at radius 1 is 1.57 bits per heavy atom. The number of methoxy groups -OCH3 is 1. The Morgan fingerprint density at radius 3 is 3.00 bits per heavy atom. The van der Waals surface area contributed by atoms with Gasteiger partial charge in [-0.05, 0) is 22.4 Å². The Balaban J connectivity index is 2.57. The summed E-state index contributed by atoms with van der Waals surface area (Å²) in [5.41, 5.74) is 0.145. The summed E-state index contributed by atoms with van der Waals surface area (Å²) in [7, 11) is 1.25. The lowest BCUT2D eigenvalue weighted by Crippen LogP contribution is -2.28. The van der Waals surface area contributed by atoms with Gasteiger partial charge in [-0.15, -0.1) is 6.58 Å². The fraction of sp³-hybridized carbons (Fsp3) is 0.462. The normalized spacial score (nSPS) is 10.2. The minimum Gasteiger partial charge on any atom is -0.468 e. The largest absolute Gasteiger partial charge is 0.468 e. The van der Waals surface area contributed by atoms with Crippen LogP contribution in [0.4, 0.5) is 5.69 Å². The molecule has 21 heavy (non-hydrogen) atoms. The SMILES string of the molecule is C=CCCOCCNc1cnn(CC(=O)OC)c(=O)c1Br. The number of carbonyl (C=O) groups excluding carboxylic acids is 1. The van der Waals surface area contributed by atoms with E-state index < -0.39 is 11.5 Å². The van der Waals surface area contributed by atoms with Gasteiger partial charge in [-0.2, -0.15) is 5.10 Å². The van der Waals surface area contributed by atoms with E-state index in [2.05, 4.69) is 37.7 Å². The van der Waals surface area contributed by atoms with Gasteiger partial charge < -0.3 is 14.8 Å². The lowest BCUT2D eigenvalue weighted by atomic mass is 10.4. The highest BCUT2D eigenvalue weighted by Crippen LogP contribution is 2.15. The van der Waals surface area contributed by atoms with Gasteiger partial charge in [-0.1, -0.05) is 6.08 Å². The Labute approximate surface area is 131 Å². The molecule has 0 amide bonds. The Morgan fingerprint density at radius 2 is 2.33 bits per heavy atom. The van der Waals surface area contributed by atoms with Gasteiger partial charge in [0.25, 0.3) is 5.56 Å². The summed E-state index contributed by atoms with van der Waals surface area (Å²) >= 11 is 3.19. The number of esters is 1. The zero-order chi connectivity index (χ0) is 15.7. The van der Waals surface area contributed by atoms with Crippen molar-refractivity contribution >= 4 is 27.6 Å². The summed E-state index contributed by atoms with van der Waals surface area (Å²) in [6.45, 7) is 5.04. The predicted octanol–water partition coefficient (Wildman–Crippen LogP) is 1.18. The third-order valence-electron chi connectivity index (χ3n) is 2.52. The van der Waals surface area contributed by atoms with E-state index in [-0.39, 0.29) is 6.54 Å². The van der Waals surface area contributed by atoms with Crippen molar-refractivity contribution in [2.45, 2.75) is 13.0 Å². The van der Waals surface area contributed by atoms with E-state index in [4.69, 9.17) is 4.74 Å². The lowest BCUT2D eigenvalue weighted by Gasteiger charge is -2.10. The minimum absolute atomic E-state index is 0.223. The molecule has 7 nitrogen and oxygen atoms in total. The van der Waals surface area contributed by atoms with E-state index in [0.29, 0.717) is 29.9 Å². The van der Waals surface area contributed by atoms with Crippen LogP contribution < -0.4 is 10.9 Å². The Bertz CT molecular complexity index is 545. The van der Waals surface area contributed by atoms with Gasteiger partial charge in [0.2, 0.25) is 0 Å². The lowest BCUT2D eigenvalue weighted by molar-refractivity contribution is -0.141. The standard InChI is InChI=1S/C13H18BrN3O4/c1-3-4-6-21-7-5-15-10-8-16-17(9-11(18)20-2)13(19)12(10)14/h3,8,15H,1,4-7,9H2,2H3. The molecule has 1 aromatic heterocycles. The van der Waals surface area contributed by atoms with Crippen LogP contribution in [-0.2, 0) is 20.8 Å². The van der Waals surface area contributed by atoms with Crippen LogP contribution in [0.5, 0.6) is 0 Å². The highest BCUT2D eigenvalue weighted by atomic mass is 79.9. The highest BCUT2D eigenvalue weighted by Gasteiger charge is 2.11. The first kappa shape index (κ1) is 17.4. The number of nitrogens with zero attached hydrogens (tertiary/aromatic N) is 2. The van der Waals surface area contributed by atoms with Crippen LogP contribution in [0.3, 0.4) is 0 Å². The molecule has 0 unspecified atom stereocenters. The Kier molecular flexibility index (Phi) is 7.70. The summed E-state index contributed by atoms with van der Waals surface area (Å²) < 4.78 is 11.2. The molecule has 0 spiro atoms. The number of ether oxygens (including phenoxy) is 2. The van der Waals surface area contributed by atoms with Gasteiger partial charge >= 0.3 is 5.97 Å². The molecule has 1 heterocycles. The minimum atomic E-state index is -0.534. The maximum absolute atomic E-state index is 12.0. The molecular weight excluding hydrogens is 342 g/mol. The molecule has 0 aromatic carbocycles. The van der Waals surface area contributed by atoms with Gasteiger partial charge in [0.1, 0.15) is 11.0 Å². The zero-order valence-corrected chi connectivity index (χ0v) is 13.4. The summed E-state index contributed by atoms with van der Waals surface area (Å²) in [6.07, 6.45) is 4.06. The van der Waals surface area contributed by atoms with Gasteiger partial charge in [0.15, 0.2) is 0 Å². The van der Waals surface area contributed by atoms with Crippen LogP contribution in [0, 0.1) is 0 Å². The van der Waals surface area contributed by atoms with E-state index in [0.717, 1.165) is 11.1 Å². The Hall–Kier alpha value is -1.67. The van der Waals surface area contributed by atoms with Crippen LogP contribution >= 0.6 is 15.9 Å². The third-order valence-corrected chi connectivity index (χ3v) is 3.29. The number of aromatic nitrogens is 2. The first-order chi connectivity index (χ1) is 10.1. The molecule has 0 aliphatic rings. The van der Waals surface area contributed by atoms with Crippen molar-refractivity contribution in [3.8, 4) is 0 Å². The smallest absolute Gasteiger partial charge is 0.327 e. The van der Waals surface area contributed by atoms with E-state index in [1.165, 1.54) is 13.3 Å². The number of hydrogen-bond acceptors (Lipinski definition) is 6. The number of nitrogens with one attached hydrogen (secondary N) is 1. The van der Waals surface area contributed by atoms with Crippen LogP contribution in [0.1, 0.15) is 6.42 Å². The number of carbonyl (C=O) groups is 1. The molecule has 0 radical (unpaired) electrons. The summed E-state index contributed by atoms with van der Waals surface area (Å²) in [4.78, 5) is 23.1. The van der Waals surface area contributed by atoms with Crippen molar-refractivity contribution in [3.63, 3.8) is 0 Å². The van der Waals surface area contributed by atoms with Crippen LogP contribution in [-0.4, -0.2) is 42.6 Å². The van der Waals surface area contributed by atoms with Gasteiger partial charge in [-0.25, -0.2) is 4.68 Å². The highest BCUT2D eigenvalue weighted by molar-refractivity contribution is 9.10. The molecule has 1 aromatic rings. The van der Waals surface area contributed by atoms with Gasteiger partial charge in [0, 0.05) is 6.54 Å². The number of anilines is 1. The quantitative estimate of drug-likeness (QED) is 0.405. The molecule has 1 N–H and O–H groups in total. The summed E-state index contributed by atoms with van der Waals surface area (Å²) in [5, 5.41) is 6.95. The second-order valence-corrected chi connectivity index (χ2v) is 4.82. The molecule has 8 heteroatoms. The summed E-state index contributed by atoms with van der Waals surface area (Å²) in [6, 6.07) is 0. The maximum Gasteiger partial charge on any atom is 0.327 e. The molecule has 0 saturated heterocycles. The average molecular weight is 360 g/mol. The first-order valence-electron chi connectivity index (χ1n) is 6.35. The van der Waals surface area contributed by atoms with Crippen molar-refractivity contribution in [1.82, 2.24) is 9.78 Å². The van der Waals surface area contributed by atoms with Gasteiger partial charge in [0.05, 0.1) is 32.2 Å². The molecule has 116 valence electrons. The van der Waals surface area contributed by atoms with Crippen LogP contribution in [0.2, 0.25) is 0 Å². The molecule has 0 bridgehead atoms. The van der Waals surface area contributed by atoms with Crippen LogP contribution in [0.25, 0.3) is 0 Å². The fourth-order valence-electron chi connectivity index (χ4n) is 1.41. The van der Waals surface area contributed by atoms with Crippen LogP contribution in [0.15, 0.2) is 28.1 Å². The first-order valence-corrected chi connectivity index (χ1v) is 7.14. The number of rotatable bonds is 9. The van der Waals surface area contributed by atoms with Crippen molar-refractivity contribution in [1.29, 1.82) is 0 Å². The molecule has 0 aliphatic heterocycles. The van der Waals surface area contributed by atoms with Crippen molar-refractivity contribution in [2.75, 3.05) is 32.2 Å². The zero-order valence-electron chi connectivity index (χ0n) is 11.8. The molecular formula is C13H18BrN3O4. The molecule has 0 aliphatic carbocycles. The topological polar surface area (TPSA) is 82.4 Å². The molecule has 1 rings (SSSR count). The maximum atomic E-state index is 12.0. The van der Waals surface area contributed by atoms with E-state index in [1.54, 1.807) is 6.08 Å². The van der Waals surface area contributed by atoms with Crippen molar-refractivity contribution < 1.29 is 14.3 Å². The van der Waals surface area contributed by atoms with Crippen molar-refractivity contribution in [3.05, 3.63) is 33.7 Å².